The molecule has 19 heavy (non-hydrogen) atoms. The molecule has 1 aromatic carbocycles. The Morgan fingerprint density at radius 3 is 2.47 bits per heavy atom. The Morgan fingerprint density at radius 1 is 1.16 bits per heavy atom. The van der Waals surface area contributed by atoms with E-state index in [0.717, 1.165) is 5.92 Å². The minimum absolute atomic E-state index is 0.502. The highest BCUT2D eigenvalue weighted by Crippen LogP contribution is 2.28. The Hall–Kier alpha value is -0.820. The molecule has 0 spiro atoms. The van der Waals surface area contributed by atoms with Crippen molar-refractivity contribution in [2.75, 3.05) is 7.05 Å². The molecule has 0 aliphatic rings. The summed E-state index contributed by atoms with van der Waals surface area (Å²) in [5.74, 6) is 0.845. The summed E-state index contributed by atoms with van der Waals surface area (Å²) in [5.41, 5.74) is 4.26. The molecule has 0 aliphatic carbocycles. The van der Waals surface area contributed by atoms with Crippen molar-refractivity contribution in [1.82, 2.24) is 5.32 Å². The van der Waals surface area contributed by atoms with Crippen LogP contribution in [-0.4, -0.2) is 7.05 Å². The van der Waals surface area contributed by atoms with Crippen molar-refractivity contribution in [3.8, 4) is 0 Å². The first-order valence-corrected chi connectivity index (χ1v) is 7.86. The van der Waals surface area contributed by atoms with Crippen molar-refractivity contribution in [2.24, 2.45) is 5.92 Å². The molecule has 1 N–H and O–H groups in total. The summed E-state index contributed by atoms with van der Waals surface area (Å²) >= 11 is 0. The maximum Gasteiger partial charge on any atom is 0.0322 e. The molecular formula is C18H31N. The lowest BCUT2D eigenvalue weighted by molar-refractivity contribution is 0.364. The minimum atomic E-state index is 0.502. The monoisotopic (exact) mass is 261 g/mol. The zero-order valence-corrected chi connectivity index (χ0v) is 13.4. The zero-order valence-electron chi connectivity index (χ0n) is 13.4. The topological polar surface area (TPSA) is 12.0 Å². The fraction of sp³-hybridized carbons (Fsp3) is 0.667. The molecule has 108 valence electrons. The molecule has 1 nitrogen and oxygen atoms in total. The van der Waals surface area contributed by atoms with E-state index >= 15 is 0 Å². The smallest absolute Gasteiger partial charge is 0.0322 e. The van der Waals surface area contributed by atoms with E-state index in [1.165, 1.54) is 48.8 Å². The van der Waals surface area contributed by atoms with Crippen molar-refractivity contribution < 1.29 is 0 Å². The second-order valence-electron chi connectivity index (χ2n) is 5.85. The van der Waals surface area contributed by atoms with Crippen LogP contribution in [0, 0.1) is 19.8 Å². The Morgan fingerprint density at radius 2 is 1.89 bits per heavy atom. The lowest BCUT2D eigenvalue weighted by atomic mass is 9.87. The van der Waals surface area contributed by atoms with Crippen LogP contribution in [0.3, 0.4) is 0 Å². The number of hydrogen-bond acceptors (Lipinski definition) is 1. The van der Waals surface area contributed by atoms with Crippen LogP contribution in [0.5, 0.6) is 0 Å². The van der Waals surface area contributed by atoms with Crippen LogP contribution in [0.25, 0.3) is 0 Å². The molecule has 0 radical (unpaired) electrons. The summed E-state index contributed by atoms with van der Waals surface area (Å²) in [6.45, 7) is 9.03. The molecule has 0 saturated carbocycles. The zero-order chi connectivity index (χ0) is 14.3. The van der Waals surface area contributed by atoms with E-state index in [1.54, 1.807) is 0 Å². The second kappa shape index (κ2) is 8.37. The summed E-state index contributed by atoms with van der Waals surface area (Å²) in [6.07, 6.45) is 6.60. The first-order chi connectivity index (χ1) is 9.12. The Bertz CT molecular complexity index is 370. The number of nitrogens with one attached hydrogen (secondary N) is 1. The van der Waals surface area contributed by atoms with Gasteiger partial charge in [-0.15, -0.1) is 0 Å². The van der Waals surface area contributed by atoms with Gasteiger partial charge in [-0.1, -0.05) is 63.3 Å². The second-order valence-corrected chi connectivity index (χ2v) is 5.85. The minimum Gasteiger partial charge on any atom is -0.313 e. The summed E-state index contributed by atoms with van der Waals surface area (Å²) in [4.78, 5) is 0. The van der Waals surface area contributed by atoms with E-state index in [2.05, 4.69) is 58.3 Å². The molecule has 1 aromatic rings. The fourth-order valence-corrected chi connectivity index (χ4v) is 2.85. The predicted molar refractivity (Wildman–Crippen MR) is 85.6 cm³/mol. The van der Waals surface area contributed by atoms with Gasteiger partial charge in [-0.3, -0.25) is 0 Å². The third-order valence-electron chi connectivity index (χ3n) is 4.27. The molecule has 0 bridgehead atoms. The number of hydrogen-bond donors (Lipinski definition) is 1. The quantitative estimate of drug-likeness (QED) is 0.680. The molecule has 1 heteroatoms. The molecule has 2 atom stereocenters. The molecule has 2 unspecified atom stereocenters. The van der Waals surface area contributed by atoms with E-state index in [0.29, 0.717) is 6.04 Å². The maximum absolute atomic E-state index is 3.53. The van der Waals surface area contributed by atoms with Gasteiger partial charge in [0.2, 0.25) is 0 Å². The van der Waals surface area contributed by atoms with Crippen LogP contribution in [-0.2, 0) is 0 Å². The van der Waals surface area contributed by atoms with E-state index in [9.17, 15) is 0 Å². The lowest BCUT2D eigenvalue weighted by Crippen LogP contribution is -2.21. The number of unbranched alkanes of at least 4 members (excludes halogenated alkanes) is 1. The predicted octanol–water partition coefficient (Wildman–Crippen LogP) is 5.17. The van der Waals surface area contributed by atoms with Crippen molar-refractivity contribution in [3.63, 3.8) is 0 Å². The largest absolute Gasteiger partial charge is 0.313 e. The number of rotatable bonds is 8. The first kappa shape index (κ1) is 16.2. The Kier molecular flexibility index (Phi) is 7.15. The summed E-state index contributed by atoms with van der Waals surface area (Å²) in [7, 11) is 2.10. The van der Waals surface area contributed by atoms with E-state index in [4.69, 9.17) is 0 Å². The molecular weight excluding hydrogens is 230 g/mol. The van der Waals surface area contributed by atoms with E-state index in [-0.39, 0.29) is 0 Å². The highest BCUT2D eigenvalue weighted by Gasteiger charge is 2.17. The Balaban J connectivity index is 2.78. The third kappa shape index (κ3) is 4.99. The highest BCUT2D eigenvalue weighted by atomic mass is 14.9. The fourth-order valence-electron chi connectivity index (χ4n) is 2.85. The molecule has 0 amide bonds. The van der Waals surface area contributed by atoms with E-state index in [1.807, 2.05) is 0 Å². The Labute approximate surface area is 119 Å². The van der Waals surface area contributed by atoms with Crippen LogP contribution in [0.1, 0.15) is 68.7 Å². The van der Waals surface area contributed by atoms with Gasteiger partial charge in [0, 0.05) is 6.04 Å². The van der Waals surface area contributed by atoms with Crippen LogP contribution in [0.4, 0.5) is 0 Å². The van der Waals surface area contributed by atoms with Gasteiger partial charge < -0.3 is 5.32 Å². The van der Waals surface area contributed by atoms with Crippen LogP contribution < -0.4 is 5.32 Å². The standard InChI is InChI=1S/C18H31N/c1-6-8-9-16(7-2)13-18(19-5)17-12-14(3)10-11-15(17)4/h10-12,16,18-19H,6-9,13H2,1-5H3. The third-order valence-corrected chi connectivity index (χ3v) is 4.27. The van der Waals surface area contributed by atoms with Gasteiger partial charge in [-0.05, 0) is 44.4 Å². The maximum atomic E-state index is 3.53. The first-order valence-electron chi connectivity index (χ1n) is 7.86. The SMILES string of the molecule is CCCCC(CC)CC(NC)c1cc(C)ccc1C. The van der Waals surface area contributed by atoms with Gasteiger partial charge in [0.1, 0.15) is 0 Å². The van der Waals surface area contributed by atoms with Crippen molar-refractivity contribution in [3.05, 3.63) is 34.9 Å². The van der Waals surface area contributed by atoms with Crippen LogP contribution in [0.2, 0.25) is 0 Å². The van der Waals surface area contributed by atoms with Gasteiger partial charge in [0.15, 0.2) is 0 Å². The van der Waals surface area contributed by atoms with Crippen molar-refractivity contribution in [2.45, 2.75) is 65.8 Å². The molecule has 0 aromatic heterocycles. The molecule has 1 rings (SSSR count). The molecule has 0 heterocycles. The van der Waals surface area contributed by atoms with Gasteiger partial charge in [0.05, 0.1) is 0 Å². The lowest BCUT2D eigenvalue weighted by Gasteiger charge is -2.24. The average Bonchev–Trinajstić information content (AvgIpc) is 2.42. The number of aryl methyl sites for hydroxylation is 2. The van der Waals surface area contributed by atoms with Gasteiger partial charge >= 0.3 is 0 Å². The molecule has 0 saturated heterocycles. The summed E-state index contributed by atoms with van der Waals surface area (Å²) < 4.78 is 0. The van der Waals surface area contributed by atoms with Crippen molar-refractivity contribution >= 4 is 0 Å². The average molecular weight is 261 g/mol. The van der Waals surface area contributed by atoms with Gasteiger partial charge in [-0.25, -0.2) is 0 Å². The van der Waals surface area contributed by atoms with Crippen LogP contribution in [0.15, 0.2) is 18.2 Å². The molecule has 0 fully saturated rings. The number of benzene rings is 1. The summed E-state index contributed by atoms with van der Waals surface area (Å²) in [5, 5.41) is 3.53. The normalized spacial score (nSPS) is 14.4. The van der Waals surface area contributed by atoms with Crippen molar-refractivity contribution in [1.29, 1.82) is 0 Å². The van der Waals surface area contributed by atoms with Gasteiger partial charge in [0.25, 0.3) is 0 Å². The van der Waals surface area contributed by atoms with E-state index < -0.39 is 0 Å². The molecule has 0 aliphatic heterocycles. The van der Waals surface area contributed by atoms with Gasteiger partial charge in [-0.2, -0.15) is 0 Å². The highest BCUT2D eigenvalue weighted by molar-refractivity contribution is 5.33. The summed E-state index contributed by atoms with van der Waals surface area (Å²) in [6, 6.07) is 7.31. The van der Waals surface area contributed by atoms with Crippen LogP contribution >= 0.6 is 0 Å².